The standard InChI is InChI=1S/C11H16OSi/c1-8(2)12-11-7-5-4-6-10(11)9(3)13/h4-8H,3H2,1-2,13H3. The molecule has 0 atom stereocenters. The number of rotatable bonds is 3. The summed E-state index contributed by atoms with van der Waals surface area (Å²) in [4.78, 5) is 0. The van der Waals surface area contributed by atoms with E-state index >= 15 is 0 Å². The molecule has 0 N–H and O–H groups in total. The van der Waals surface area contributed by atoms with Gasteiger partial charge in [-0.3, -0.25) is 0 Å². The number of ether oxygens (including phenoxy) is 1. The summed E-state index contributed by atoms with van der Waals surface area (Å²) in [5, 5.41) is 1.18. The number of para-hydroxylation sites is 1. The molecule has 0 aromatic heterocycles. The summed E-state index contributed by atoms with van der Waals surface area (Å²) >= 11 is 0. The number of hydrogen-bond donors (Lipinski definition) is 0. The van der Waals surface area contributed by atoms with Crippen LogP contribution in [-0.2, 0) is 0 Å². The summed E-state index contributed by atoms with van der Waals surface area (Å²) in [6.07, 6.45) is 0.224. The average Bonchev–Trinajstić information content (AvgIpc) is 2.03. The molecule has 13 heavy (non-hydrogen) atoms. The van der Waals surface area contributed by atoms with Crippen molar-refractivity contribution < 1.29 is 4.74 Å². The van der Waals surface area contributed by atoms with Crippen molar-refractivity contribution in [1.29, 1.82) is 0 Å². The largest absolute Gasteiger partial charge is 0.490 e. The molecular formula is C11H16OSi. The Labute approximate surface area is 82.9 Å². The molecule has 1 rings (SSSR count). The summed E-state index contributed by atoms with van der Waals surface area (Å²) in [5.41, 5.74) is 1.16. The molecule has 0 saturated carbocycles. The van der Waals surface area contributed by atoms with E-state index in [1.165, 1.54) is 5.20 Å². The van der Waals surface area contributed by atoms with E-state index in [0.717, 1.165) is 21.6 Å². The Kier molecular flexibility index (Phi) is 3.31. The Bertz CT molecular complexity index is 305. The molecule has 0 aliphatic carbocycles. The SMILES string of the molecule is C=C([SiH3])c1ccccc1OC(C)C. The van der Waals surface area contributed by atoms with Gasteiger partial charge in [0.25, 0.3) is 0 Å². The van der Waals surface area contributed by atoms with Crippen LogP contribution >= 0.6 is 0 Å². The van der Waals surface area contributed by atoms with Crippen LogP contribution in [0.5, 0.6) is 5.75 Å². The molecular weight excluding hydrogens is 176 g/mol. The predicted octanol–water partition coefficient (Wildman–Crippen LogP) is 1.81. The zero-order valence-corrected chi connectivity index (χ0v) is 10.5. The Morgan fingerprint density at radius 2 is 2.00 bits per heavy atom. The highest BCUT2D eigenvalue weighted by atomic mass is 28.1. The number of hydrogen-bond acceptors (Lipinski definition) is 1. The van der Waals surface area contributed by atoms with Crippen molar-refractivity contribution in [3.05, 3.63) is 36.4 Å². The van der Waals surface area contributed by atoms with Crippen molar-refractivity contribution >= 4 is 15.4 Å². The van der Waals surface area contributed by atoms with Gasteiger partial charge in [0.05, 0.1) is 6.10 Å². The molecule has 0 aliphatic rings. The van der Waals surface area contributed by atoms with Crippen LogP contribution in [0.3, 0.4) is 0 Å². The van der Waals surface area contributed by atoms with Gasteiger partial charge < -0.3 is 4.74 Å². The van der Waals surface area contributed by atoms with Gasteiger partial charge in [0.1, 0.15) is 5.75 Å². The summed E-state index contributed by atoms with van der Waals surface area (Å²) in [6, 6.07) is 8.07. The lowest BCUT2D eigenvalue weighted by Crippen LogP contribution is -2.07. The maximum Gasteiger partial charge on any atom is 0.126 e. The van der Waals surface area contributed by atoms with Gasteiger partial charge in [-0.05, 0) is 19.9 Å². The van der Waals surface area contributed by atoms with Crippen molar-refractivity contribution in [2.24, 2.45) is 0 Å². The summed E-state index contributed by atoms with van der Waals surface area (Å²) in [7, 11) is 0.981. The van der Waals surface area contributed by atoms with E-state index in [4.69, 9.17) is 4.74 Å². The molecule has 2 heteroatoms. The lowest BCUT2D eigenvalue weighted by molar-refractivity contribution is 0.242. The average molecular weight is 192 g/mol. The van der Waals surface area contributed by atoms with Gasteiger partial charge in [0.2, 0.25) is 0 Å². The maximum absolute atomic E-state index is 5.67. The van der Waals surface area contributed by atoms with Gasteiger partial charge >= 0.3 is 0 Å². The fourth-order valence-electron chi connectivity index (χ4n) is 1.18. The van der Waals surface area contributed by atoms with Gasteiger partial charge in [-0.1, -0.05) is 23.4 Å². The molecule has 0 aliphatic heterocycles. The molecule has 0 bridgehead atoms. The minimum absolute atomic E-state index is 0.224. The Balaban J connectivity index is 2.98. The summed E-state index contributed by atoms with van der Waals surface area (Å²) < 4.78 is 5.67. The highest BCUT2D eigenvalue weighted by Gasteiger charge is 2.04. The van der Waals surface area contributed by atoms with Crippen LogP contribution in [0.1, 0.15) is 19.4 Å². The zero-order chi connectivity index (χ0) is 9.84. The normalized spacial score (nSPS) is 10.4. The smallest absolute Gasteiger partial charge is 0.126 e. The second kappa shape index (κ2) is 4.28. The summed E-state index contributed by atoms with van der Waals surface area (Å²) in [6.45, 7) is 8.04. The van der Waals surface area contributed by atoms with Crippen molar-refractivity contribution in [3.8, 4) is 5.75 Å². The van der Waals surface area contributed by atoms with Crippen LogP contribution in [0.25, 0.3) is 5.20 Å². The second-order valence-electron chi connectivity index (χ2n) is 3.44. The molecule has 1 aromatic carbocycles. The first-order valence-electron chi connectivity index (χ1n) is 4.53. The van der Waals surface area contributed by atoms with Gasteiger partial charge in [0, 0.05) is 15.8 Å². The van der Waals surface area contributed by atoms with E-state index in [-0.39, 0.29) is 6.10 Å². The minimum Gasteiger partial charge on any atom is -0.490 e. The van der Waals surface area contributed by atoms with Crippen molar-refractivity contribution in [2.45, 2.75) is 20.0 Å². The molecule has 0 fully saturated rings. The van der Waals surface area contributed by atoms with E-state index in [2.05, 4.69) is 12.6 Å². The van der Waals surface area contributed by atoms with Gasteiger partial charge in [-0.2, -0.15) is 0 Å². The van der Waals surface area contributed by atoms with E-state index in [1.54, 1.807) is 0 Å². The predicted molar refractivity (Wildman–Crippen MR) is 61.2 cm³/mol. The quantitative estimate of drug-likeness (QED) is 0.664. The minimum atomic E-state index is 0.224. The van der Waals surface area contributed by atoms with Gasteiger partial charge in [-0.15, -0.1) is 6.58 Å². The Morgan fingerprint density at radius 3 is 2.54 bits per heavy atom. The van der Waals surface area contributed by atoms with Crippen molar-refractivity contribution in [2.75, 3.05) is 0 Å². The first kappa shape index (κ1) is 10.1. The fourth-order valence-corrected chi connectivity index (χ4v) is 1.59. The molecule has 70 valence electrons. The van der Waals surface area contributed by atoms with Crippen LogP contribution < -0.4 is 4.74 Å². The van der Waals surface area contributed by atoms with Crippen molar-refractivity contribution in [3.63, 3.8) is 0 Å². The highest BCUT2D eigenvalue weighted by Crippen LogP contribution is 2.23. The maximum atomic E-state index is 5.67. The highest BCUT2D eigenvalue weighted by molar-refractivity contribution is 6.42. The molecule has 0 spiro atoms. The topological polar surface area (TPSA) is 9.23 Å². The summed E-state index contributed by atoms with van der Waals surface area (Å²) in [5.74, 6) is 0.956. The first-order valence-corrected chi connectivity index (χ1v) is 5.53. The second-order valence-corrected chi connectivity index (χ2v) is 4.65. The van der Waals surface area contributed by atoms with Gasteiger partial charge in [-0.25, -0.2) is 0 Å². The molecule has 0 amide bonds. The monoisotopic (exact) mass is 192 g/mol. The van der Waals surface area contributed by atoms with E-state index < -0.39 is 0 Å². The van der Waals surface area contributed by atoms with E-state index in [0.29, 0.717) is 0 Å². The Hall–Kier alpha value is -1.02. The third-order valence-corrected chi connectivity index (χ3v) is 2.25. The lowest BCUT2D eigenvalue weighted by Gasteiger charge is -2.13. The molecule has 0 saturated heterocycles. The zero-order valence-electron chi connectivity index (χ0n) is 8.50. The van der Waals surface area contributed by atoms with Gasteiger partial charge in [0.15, 0.2) is 0 Å². The third-order valence-electron chi connectivity index (χ3n) is 1.71. The fraction of sp³-hybridized carbons (Fsp3) is 0.273. The molecule has 0 unspecified atom stereocenters. The van der Waals surface area contributed by atoms with Crippen LogP contribution in [-0.4, -0.2) is 16.3 Å². The first-order chi connectivity index (χ1) is 6.11. The third kappa shape index (κ3) is 2.74. The molecule has 1 nitrogen and oxygen atoms in total. The van der Waals surface area contributed by atoms with Crippen LogP contribution in [0.2, 0.25) is 0 Å². The van der Waals surface area contributed by atoms with E-state index in [1.807, 2.05) is 32.0 Å². The molecule has 1 aromatic rings. The lowest BCUT2D eigenvalue weighted by atomic mass is 10.2. The van der Waals surface area contributed by atoms with Crippen LogP contribution in [0.15, 0.2) is 30.8 Å². The molecule has 0 radical (unpaired) electrons. The number of benzene rings is 1. The van der Waals surface area contributed by atoms with Crippen LogP contribution in [0, 0.1) is 0 Å². The van der Waals surface area contributed by atoms with Crippen LogP contribution in [0.4, 0.5) is 0 Å². The Morgan fingerprint density at radius 1 is 1.38 bits per heavy atom. The van der Waals surface area contributed by atoms with Crippen molar-refractivity contribution in [1.82, 2.24) is 0 Å². The molecule has 0 heterocycles. The van der Waals surface area contributed by atoms with E-state index in [9.17, 15) is 0 Å².